The fourth-order valence-electron chi connectivity index (χ4n) is 2.95. The Morgan fingerprint density at radius 2 is 1.81 bits per heavy atom. The normalized spacial score (nSPS) is 11.7. The molecule has 0 fully saturated rings. The van der Waals surface area contributed by atoms with Crippen molar-refractivity contribution in [3.8, 4) is 0 Å². The molecule has 0 atom stereocenters. The molecule has 0 aliphatic heterocycles. The lowest BCUT2D eigenvalue weighted by Gasteiger charge is -2.19. The molecule has 27 heavy (non-hydrogen) atoms. The molecule has 0 aliphatic carbocycles. The number of hydrogen-bond donors (Lipinski definition) is 0. The van der Waals surface area contributed by atoms with Crippen LogP contribution >= 0.6 is 11.8 Å². The van der Waals surface area contributed by atoms with Gasteiger partial charge in [-0.1, -0.05) is 24.3 Å². The largest absolute Gasteiger partial charge is 0.446 e. The van der Waals surface area contributed by atoms with Crippen molar-refractivity contribution in [3.63, 3.8) is 0 Å². The van der Waals surface area contributed by atoms with Gasteiger partial charge >= 0.3 is 5.51 Å². The molecule has 0 bridgehead atoms. The molecule has 0 aliphatic rings. The summed E-state index contributed by atoms with van der Waals surface area (Å²) < 4.78 is 40.3. The summed E-state index contributed by atoms with van der Waals surface area (Å²) in [6.07, 6.45) is 0. The van der Waals surface area contributed by atoms with Crippen molar-refractivity contribution in [1.82, 2.24) is 14.5 Å². The summed E-state index contributed by atoms with van der Waals surface area (Å²) in [4.78, 5) is 18.6. The van der Waals surface area contributed by atoms with Gasteiger partial charge in [0, 0.05) is 18.5 Å². The van der Waals surface area contributed by atoms with Gasteiger partial charge < -0.3 is 9.47 Å². The molecule has 4 nitrogen and oxygen atoms in total. The van der Waals surface area contributed by atoms with Gasteiger partial charge in [0.15, 0.2) is 0 Å². The van der Waals surface area contributed by atoms with Crippen LogP contribution in [0.25, 0.3) is 11.0 Å². The minimum atomic E-state index is -4.45. The smallest absolute Gasteiger partial charge is 0.334 e. The van der Waals surface area contributed by atoms with Gasteiger partial charge in [-0.15, -0.1) is 0 Å². The highest BCUT2D eigenvalue weighted by atomic mass is 32.2. The number of halogens is 3. The Balaban J connectivity index is 1.87. The highest BCUT2D eigenvalue weighted by Gasteiger charge is 2.31. The van der Waals surface area contributed by atoms with Crippen LogP contribution in [0.1, 0.15) is 23.1 Å². The van der Waals surface area contributed by atoms with Crippen molar-refractivity contribution in [2.24, 2.45) is 0 Å². The summed E-state index contributed by atoms with van der Waals surface area (Å²) in [6, 6.07) is 13.4. The molecule has 1 heterocycles. The minimum absolute atomic E-state index is 0.0292. The average Bonchev–Trinajstić information content (AvgIpc) is 2.97. The van der Waals surface area contributed by atoms with Crippen LogP contribution < -0.4 is 0 Å². The van der Waals surface area contributed by atoms with Crippen molar-refractivity contribution in [1.29, 1.82) is 0 Å². The molecule has 3 rings (SSSR count). The van der Waals surface area contributed by atoms with Crippen molar-refractivity contribution < 1.29 is 18.0 Å². The van der Waals surface area contributed by atoms with Crippen molar-refractivity contribution in [3.05, 3.63) is 59.9 Å². The lowest BCUT2D eigenvalue weighted by Crippen LogP contribution is -2.28. The van der Waals surface area contributed by atoms with Gasteiger partial charge in [0.05, 0.1) is 23.1 Å². The molecule has 8 heteroatoms. The maximum atomic E-state index is 12.8. The lowest BCUT2D eigenvalue weighted by molar-refractivity contribution is -0.0328. The number of aryl methyl sites for hydroxylation is 1. The number of benzene rings is 2. The minimum Gasteiger partial charge on any atom is -0.334 e. The van der Waals surface area contributed by atoms with Crippen molar-refractivity contribution in [2.45, 2.75) is 30.4 Å². The second-order valence-electron chi connectivity index (χ2n) is 5.97. The Kier molecular flexibility index (Phi) is 5.46. The molecule has 0 saturated heterocycles. The third-order valence-electron chi connectivity index (χ3n) is 4.12. The summed E-state index contributed by atoms with van der Waals surface area (Å²) in [6.45, 7) is 2.86. The number of rotatable bonds is 5. The van der Waals surface area contributed by atoms with E-state index in [1.807, 2.05) is 35.8 Å². The Morgan fingerprint density at radius 3 is 2.52 bits per heavy atom. The van der Waals surface area contributed by atoms with E-state index in [9.17, 15) is 18.0 Å². The molecular weight excluding hydrogens is 375 g/mol. The van der Waals surface area contributed by atoms with Crippen LogP contribution in [0, 0.1) is 0 Å². The molecule has 3 aromatic rings. The molecule has 0 radical (unpaired) electrons. The SMILES string of the molecule is CCn1c(CN(C)C(=O)c2ccccc2SC(F)(F)F)nc2ccccc21. The topological polar surface area (TPSA) is 38.1 Å². The Bertz CT molecular complexity index is 968. The first-order valence-corrected chi connectivity index (χ1v) is 9.16. The summed E-state index contributed by atoms with van der Waals surface area (Å²) in [5.41, 5.74) is -2.64. The van der Waals surface area contributed by atoms with Crippen molar-refractivity contribution in [2.75, 3.05) is 7.05 Å². The first-order chi connectivity index (χ1) is 12.8. The van der Waals surface area contributed by atoms with E-state index in [0.29, 0.717) is 12.4 Å². The van der Waals surface area contributed by atoms with Crippen LogP contribution in [-0.4, -0.2) is 32.9 Å². The van der Waals surface area contributed by atoms with Crippen LogP contribution in [0.2, 0.25) is 0 Å². The summed E-state index contributed by atoms with van der Waals surface area (Å²) in [5, 5.41) is 0. The molecule has 2 aromatic carbocycles. The third kappa shape index (κ3) is 4.27. The quantitative estimate of drug-likeness (QED) is 0.576. The first-order valence-electron chi connectivity index (χ1n) is 8.34. The van der Waals surface area contributed by atoms with E-state index in [1.54, 1.807) is 13.1 Å². The number of carbonyl (C=O) groups excluding carboxylic acids is 1. The second kappa shape index (κ2) is 7.64. The zero-order valence-corrected chi connectivity index (χ0v) is 15.6. The number of para-hydroxylation sites is 2. The molecule has 0 unspecified atom stereocenters. The van der Waals surface area contributed by atoms with Crippen LogP contribution in [-0.2, 0) is 13.1 Å². The summed E-state index contributed by atoms with van der Waals surface area (Å²) >= 11 is -0.277. The number of thioether (sulfide) groups is 1. The van der Waals surface area contributed by atoms with Gasteiger partial charge in [0.25, 0.3) is 5.91 Å². The number of aromatic nitrogens is 2. The van der Waals surface area contributed by atoms with Crippen LogP contribution in [0.15, 0.2) is 53.4 Å². The molecule has 142 valence electrons. The van der Waals surface area contributed by atoms with E-state index in [2.05, 4.69) is 4.98 Å². The van der Waals surface area contributed by atoms with E-state index < -0.39 is 11.4 Å². The molecule has 1 amide bonds. The zero-order chi connectivity index (χ0) is 19.6. The number of nitrogens with zero attached hydrogens (tertiary/aromatic N) is 3. The predicted molar refractivity (Wildman–Crippen MR) is 99.6 cm³/mol. The van der Waals surface area contributed by atoms with Gasteiger partial charge in [-0.2, -0.15) is 13.2 Å². The Hall–Kier alpha value is -2.48. The molecule has 0 saturated carbocycles. The number of fused-ring (bicyclic) bond motifs is 1. The van der Waals surface area contributed by atoms with E-state index in [0.717, 1.165) is 11.0 Å². The van der Waals surface area contributed by atoms with Gasteiger partial charge in [-0.05, 0) is 43.0 Å². The van der Waals surface area contributed by atoms with Gasteiger partial charge in [-0.3, -0.25) is 4.79 Å². The number of carbonyl (C=O) groups is 1. The summed E-state index contributed by atoms with van der Waals surface area (Å²) in [7, 11) is 1.57. The van der Waals surface area contributed by atoms with E-state index in [-0.39, 0.29) is 28.8 Å². The molecule has 0 N–H and O–H groups in total. The van der Waals surface area contributed by atoms with Gasteiger partial charge in [0.2, 0.25) is 0 Å². The average molecular weight is 393 g/mol. The molecule has 1 aromatic heterocycles. The van der Waals surface area contributed by atoms with E-state index in [1.165, 1.54) is 23.1 Å². The number of imidazole rings is 1. The summed E-state index contributed by atoms with van der Waals surface area (Å²) in [5.74, 6) is 0.215. The van der Waals surface area contributed by atoms with E-state index in [4.69, 9.17) is 0 Å². The zero-order valence-electron chi connectivity index (χ0n) is 14.8. The highest BCUT2D eigenvalue weighted by Crippen LogP contribution is 2.38. The first kappa shape index (κ1) is 19.3. The number of hydrogen-bond acceptors (Lipinski definition) is 3. The Morgan fingerprint density at radius 1 is 1.15 bits per heavy atom. The lowest BCUT2D eigenvalue weighted by atomic mass is 10.2. The fourth-order valence-corrected chi connectivity index (χ4v) is 3.61. The molecular formula is C19H18F3N3OS. The maximum absolute atomic E-state index is 12.8. The monoisotopic (exact) mass is 393 g/mol. The van der Waals surface area contributed by atoms with Crippen molar-refractivity contribution >= 4 is 28.7 Å². The fraction of sp³-hybridized carbons (Fsp3) is 0.263. The maximum Gasteiger partial charge on any atom is 0.446 e. The third-order valence-corrected chi connectivity index (χ3v) is 4.93. The van der Waals surface area contributed by atoms with Gasteiger partial charge in [0.1, 0.15) is 5.82 Å². The molecule has 0 spiro atoms. The standard InChI is InChI=1S/C19H18F3N3OS/c1-3-25-15-10-6-5-9-14(15)23-17(25)12-24(2)18(26)13-8-4-7-11-16(13)27-19(20,21)22/h4-11H,3,12H2,1-2H3. The highest BCUT2D eigenvalue weighted by molar-refractivity contribution is 8.00. The second-order valence-corrected chi connectivity index (χ2v) is 7.07. The predicted octanol–water partition coefficient (Wildman–Crippen LogP) is 4.94. The van der Waals surface area contributed by atoms with Crippen LogP contribution in [0.4, 0.5) is 13.2 Å². The van der Waals surface area contributed by atoms with Crippen LogP contribution in [0.5, 0.6) is 0 Å². The number of amides is 1. The van der Waals surface area contributed by atoms with Gasteiger partial charge in [-0.25, -0.2) is 4.98 Å². The number of alkyl halides is 3. The van der Waals surface area contributed by atoms with E-state index >= 15 is 0 Å². The Labute approximate surface area is 159 Å². The van der Waals surface area contributed by atoms with Crippen LogP contribution in [0.3, 0.4) is 0 Å².